The fourth-order valence-electron chi connectivity index (χ4n) is 2.92. The smallest absolute Gasteiger partial charge is 0.244 e. The van der Waals surface area contributed by atoms with Crippen LogP contribution in [0.2, 0.25) is 0 Å². The third-order valence-corrected chi connectivity index (χ3v) is 7.26. The number of thioether (sulfide) groups is 1. The fraction of sp³-hybridized carbons (Fsp3) is 0.286. The van der Waals surface area contributed by atoms with E-state index in [1.807, 2.05) is 30.3 Å². The third kappa shape index (κ3) is 5.87. The Morgan fingerprint density at radius 1 is 1.11 bits per heavy atom. The van der Waals surface area contributed by atoms with Gasteiger partial charge in [0.2, 0.25) is 15.9 Å². The lowest BCUT2D eigenvalue weighted by atomic mass is 10.2. The largest absolute Gasteiger partial charge is 0.352 e. The lowest BCUT2D eigenvalue weighted by molar-refractivity contribution is -0.116. The molecule has 5 nitrogen and oxygen atoms in total. The number of nitrogens with one attached hydrogen (secondary N) is 1. The maximum atomic E-state index is 11.9. The summed E-state index contributed by atoms with van der Waals surface area (Å²) in [5.74, 6) is 1.86. The molecular formula is C21H24N2O3S2. The molecular weight excluding hydrogens is 392 g/mol. The quantitative estimate of drug-likeness (QED) is 0.530. The van der Waals surface area contributed by atoms with Gasteiger partial charge >= 0.3 is 0 Å². The van der Waals surface area contributed by atoms with Crippen LogP contribution in [-0.2, 0) is 20.6 Å². The van der Waals surface area contributed by atoms with Crippen molar-refractivity contribution in [2.45, 2.75) is 12.2 Å². The normalized spacial score (nSPS) is 15.8. The average Bonchev–Trinajstić information content (AvgIpc) is 3.06. The van der Waals surface area contributed by atoms with E-state index in [0.717, 1.165) is 17.1 Å². The molecule has 1 saturated heterocycles. The molecule has 1 N–H and O–H groups in total. The number of carbonyl (C=O) groups is 1. The first kappa shape index (κ1) is 20.5. The monoisotopic (exact) mass is 416 g/mol. The number of hydrogen-bond donors (Lipinski definition) is 1. The van der Waals surface area contributed by atoms with E-state index in [4.69, 9.17) is 0 Å². The molecule has 7 heteroatoms. The molecule has 1 aliphatic heterocycles. The lowest BCUT2D eigenvalue weighted by Crippen LogP contribution is -2.24. The summed E-state index contributed by atoms with van der Waals surface area (Å²) in [6.45, 7) is 1.15. The Morgan fingerprint density at radius 3 is 2.54 bits per heavy atom. The van der Waals surface area contributed by atoms with Crippen LogP contribution in [0.5, 0.6) is 0 Å². The number of nitrogens with zero attached hydrogens (tertiary/aromatic N) is 1. The van der Waals surface area contributed by atoms with E-state index in [2.05, 4.69) is 17.4 Å². The van der Waals surface area contributed by atoms with Crippen LogP contribution in [0.3, 0.4) is 0 Å². The second-order valence-electron chi connectivity index (χ2n) is 6.50. The van der Waals surface area contributed by atoms with Gasteiger partial charge in [0.05, 0.1) is 11.4 Å². The predicted octanol–water partition coefficient (Wildman–Crippen LogP) is 3.29. The number of amides is 1. The van der Waals surface area contributed by atoms with Crippen molar-refractivity contribution in [2.75, 3.05) is 28.9 Å². The highest BCUT2D eigenvalue weighted by atomic mass is 32.2. The number of benzene rings is 2. The minimum absolute atomic E-state index is 0.133. The Labute approximate surface area is 170 Å². The first-order valence-electron chi connectivity index (χ1n) is 9.23. The van der Waals surface area contributed by atoms with Crippen molar-refractivity contribution in [3.05, 3.63) is 71.8 Å². The van der Waals surface area contributed by atoms with Gasteiger partial charge in [-0.15, -0.1) is 0 Å². The van der Waals surface area contributed by atoms with Crippen molar-refractivity contribution in [3.63, 3.8) is 0 Å². The summed E-state index contributed by atoms with van der Waals surface area (Å²) in [6.07, 6.45) is 3.89. The van der Waals surface area contributed by atoms with Crippen LogP contribution >= 0.6 is 11.8 Å². The first-order valence-corrected chi connectivity index (χ1v) is 12.0. The van der Waals surface area contributed by atoms with Gasteiger partial charge < -0.3 is 5.32 Å². The Hall–Kier alpha value is -2.25. The maximum absolute atomic E-state index is 11.9. The molecule has 0 aromatic heterocycles. The zero-order valence-electron chi connectivity index (χ0n) is 15.6. The van der Waals surface area contributed by atoms with Crippen LogP contribution < -0.4 is 9.62 Å². The molecule has 2 aromatic carbocycles. The van der Waals surface area contributed by atoms with E-state index in [1.165, 1.54) is 15.9 Å². The second kappa shape index (κ2) is 9.80. The van der Waals surface area contributed by atoms with E-state index >= 15 is 0 Å². The van der Waals surface area contributed by atoms with Gasteiger partial charge in [-0.25, -0.2) is 8.42 Å². The summed E-state index contributed by atoms with van der Waals surface area (Å²) in [6, 6.07) is 17.4. The lowest BCUT2D eigenvalue weighted by Gasteiger charge is -2.16. The van der Waals surface area contributed by atoms with E-state index < -0.39 is 10.0 Å². The van der Waals surface area contributed by atoms with Crippen molar-refractivity contribution in [3.8, 4) is 0 Å². The summed E-state index contributed by atoms with van der Waals surface area (Å²) < 4.78 is 25.3. The van der Waals surface area contributed by atoms with E-state index in [9.17, 15) is 13.2 Å². The number of anilines is 1. The van der Waals surface area contributed by atoms with Gasteiger partial charge in [-0.1, -0.05) is 42.5 Å². The molecule has 0 spiro atoms. The molecule has 0 radical (unpaired) electrons. The summed E-state index contributed by atoms with van der Waals surface area (Å²) in [5.41, 5.74) is 2.81. The Bertz CT molecular complexity index is 910. The van der Waals surface area contributed by atoms with Crippen LogP contribution in [-0.4, -0.2) is 38.9 Å². The summed E-state index contributed by atoms with van der Waals surface area (Å²) >= 11 is 1.78. The van der Waals surface area contributed by atoms with Crippen molar-refractivity contribution in [1.29, 1.82) is 0 Å². The van der Waals surface area contributed by atoms with Gasteiger partial charge in [0.1, 0.15) is 0 Å². The van der Waals surface area contributed by atoms with E-state index in [1.54, 1.807) is 30.0 Å². The van der Waals surface area contributed by atoms with Gasteiger partial charge in [-0.2, -0.15) is 11.8 Å². The van der Waals surface area contributed by atoms with Crippen LogP contribution in [0.25, 0.3) is 6.08 Å². The van der Waals surface area contributed by atoms with Crippen molar-refractivity contribution >= 4 is 39.5 Å². The zero-order chi connectivity index (χ0) is 19.8. The molecule has 148 valence electrons. The average molecular weight is 417 g/mol. The van der Waals surface area contributed by atoms with E-state index in [-0.39, 0.29) is 11.7 Å². The first-order chi connectivity index (χ1) is 13.5. The summed E-state index contributed by atoms with van der Waals surface area (Å²) in [5, 5.41) is 2.87. The molecule has 0 aliphatic carbocycles. The highest BCUT2D eigenvalue weighted by Gasteiger charge is 2.28. The number of hydrogen-bond acceptors (Lipinski definition) is 4. The van der Waals surface area contributed by atoms with Crippen LogP contribution in [0.15, 0.2) is 60.7 Å². The van der Waals surface area contributed by atoms with Crippen LogP contribution in [0.1, 0.15) is 17.5 Å². The van der Waals surface area contributed by atoms with Crippen LogP contribution in [0, 0.1) is 0 Å². The van der Waals surface area contributed by atoms with Gasteiger partial charge in [0.25, 0.3) is 0 Å². The summed E-state index contributed by atoms with van der Waals surface area (Å²) in [4.78, 5) is 11.9. The number of sulfonamides is 1. The maximum Gasteiger partial charge on any atom is 0.244 e. The van der Waals surface area contributed by atoms with E-state index in [0.29, 0.717) is 25.2 Å². The molecule has 1 amide bonds. The van der Waals surface area contributed by atoms with Crippen molar-refractivity contribution < 1.29 is 13.2 Å². The Balaban J connectivity index is 1.40. The molecule has 3 rings (SSSR count). The number of carbonyl (C=O) groups excluding carboxylic acids is 1. The standard InChI is InChI=1S/C21H24N2O3S2/c24-21(22-13-15-27-17-19-5-2-1-3-6-19)12-9-18-7-10-20(11-8-18)23-14-4-16-28(23,25)26/h1-3,5-12H,4,13-17H2,(H,22,24)/b12-9+. The Kier molecular flexibility index (Phi) is 7.17. The zero-order valence-corrected chi connectivity index (χ0v) is 17.2. The van der Waals surface area contributed by atoms with Crippen LogP contribution in [0.4, 0.5) is 5.69 Å². The van der Waals surface area contributed by atoms with Gasteiger partial charge in [-0.05, 0) is 35.8 Å². The number of rotatable bonds is 8. The second-order valence-corrected chi connectivity index (χ2v) is 9.61. The fourth-order valence-corrected chi connectivity index (χ4v) is 5.31. The molecule has 0 saturated carbocycles. The minimum atomic E-state index is -3.16. The Morgan fingerprint density at radius 2 is 1.86 bits per heavy atom. The topological polar surface area (TPSA) is 66.5 Å². The summed E-state index contributed by atoms with van der Waals surface area (Å²) in [7, 11) is -3.16. The van der Waals surface area contributed by atoms with Gasteiger partial charge in [-0.3, -0.25) is 9.10 Å². The molecule has 1 aliphatic rings. The minimum Gasteiger partial charge on any atom is -0.352 e. The highest BCUT2D eigenvalue weighted by molar-refractivity contribution is 7.98. The molecule has 2 aromatic rings. The third-order valence-electron chi connectivity index (χ3n) is 4.36. The van der Waals surface area contributed by atoms with Crippen molar-refractivity contribution in [1.82, 2.24) is 5.32 Å². The molecule has 1 fully saturated rings. The highest BCUT2D eigenvalue weighted by Crippen LogP contribution is 2.24. The molecule has 0 unspecified atom stereocenters. The van der Waals surface area contributed by atoms with Gasteiger partial charge in [0, 0.05) is 30.7 Å². The molecule has 0 atom stereocenters. The van der Waals surface area contributed by atoms with Crippen molar-refractivity contribution in [2.24, 2.45) is 0 Å². The molecule has 1 heterocycles. The molecule has 28 heavy (non-hydrogen) atoms. The SMILES string of the molecule is O=C(/C=C/c1ccc(N2CCCS2(=O)=O)cc1)NCCSCc1ccccc1. The van der Waals surface area contributed by atoms with Gasteiger partial charge in [0.15, 0.2) is 0 Å². The predicted molar refractivity (Wildman–Crippen MR) is 117 cm³/mol. The molecule has 0 bridgehead atoms.